The molecule has 0 saturated carbocycles. The smallest absolute Gasteiger partial charge is 0.329 e. The van der Waals surface area contributed by atoms with Gasteiger partial charge < -0.3 is 9.47 Å². The fraction of sp³-hybridized carbons (Fsp3) is 0.217. The van der Waals surface area contributed by atoms with Gasteiger partial charge in [-0.05, 0) is 47.3 Å². The second-order valence-electron chi connectivity index (χ2n) is 7.32. The van der Waals surface area contributed by atoms with Crippen LogP contribution in [-0.4, -0.2) is 47.1 Å². The fourth-order valence-electron chi connectivity index (χ4n) is 3.67. The summed E-state index contributed by atoms with van der Waals surface area (Å²) in [5.74, 6) is -0.466. The highest BCUT2D eigenvalue weighted by Crippen LogP contribution is 2.33. The van der Waals surface area contributed by atoms with Crippen LogP contribution in [0.25, 0.3) is 0 Å². The number of thiophene rings is 1. The molecule has 0 saturated heterocycles. The Morgan fingerprint density at radius 1 is 1.09 bits per heavy atom. The average molecular weight is 487 g/mol. The van der Waals surface area contributed by atoms with Gasteiger partial charge >= 0.3 is 5.97 Å². The van der Waals surface area contributed by atoms with Gasteiger partial charge in [0.25, 0.3) is 15.9 Å². The van der Waals surface area contributed by atoms with Crippen molar-refractivity contribution in [2.24, 2.45) is 0 Å². The molecule has 10 heteroatoms. The lowest BCUT2D eigenvalue weighted by Crippen LogP contribution is -2.45. The molecule has 8 nitrogen and oxygen atoms in total. The number of benzene rings is 2. The van der Waals surface area contributed by atoms with Gasteiger partial charge in [-0.3, -0.25) is 14.0 Å². The fourth-order valence-corrected chi connectivity index (χ4v) is 6.03. The molecule has 1 aromatic heterocycles. The van der Waals surface area contributed by atoms with Crippen molar-refractivity contribution in [2.45, 2.75) is 16.7 Å². The Morgan fingerprint density at radius 2 is 1.82 bits per heavy atom. The van der Waals surface area contributed by atoms with E-state index >= 15 is 0 Å². The number of anilines is 2. The van der Waals surface area contributed by atoms with E-state index in [1.54, 1.807) is 53.9 Å². The van der Waals surface area contributed by atoms with Gasteiger partial charge in [-0.25, -0.2) is 13.2 Å². The maximum Gasteiger partial charge on any atom is 0.329 e. The Hall–Kier alpha value is -3.37. The minimum Gasteiger partial charge on any atom is -0.484 e. The lowest BCUT2D eigenvalue weighted by atomic mass is 10.1. The summed E-state index contributed by atoms with van der Waals surface area (Å²) in [5.41, 5.74) is 2.01. The Labute approximate surface area is 196 Å². The van der Waals surface area contributed by atoms with E-state index in [9.17, 15) is 18.0 Å². The number of ether oxygens (including phenoxy) is 2. The maximum atomic E-state index is 13.0. The highest BCUT2D eigenvalue weighted by atomic mass is 32.2. The van der Waals surface area contributed by atoms with Crippen molar-refractivity contribution in [2.75, 3.05) is 30.0 Å². The number of fused-ring (bicyclic) bond motifs is 1. The molecule has 2 aromatic carbocycles. The molecule has 4 rings (SSSR count). The number of amides is 1. The third-order valence-electron chi connectivity index (χ3n) is 5.39. The van der Waals surface area contributed by atoms with Crippen LogP contribution in [0.15, 0.2) is 70.3 Å². The molecular formula is C23H22N2O6S2. The van der Waals surface area contributed by atoms with Crippen LogP contribution in [0.1, 0.15) is 5.56 Å². The molecule has 0 spiro atoms. The zero-order valence-electron chi connectivity index (χ0n) is 18.0. The summed E-state index contributed by atoms with van der Waals surface area (Å²) in [6.07, 6.45) is 0.383. The van der Waals surface area contributed by atoms with E-state index in [1.807, 2.05) is 12.1 Å². The Morgan fingerprint density at radius 3 is 2.48 bits per heavy atom. The molecule has 33 heavy (non-hydrogen) atoms. The Kier molecular flexibility index (Phi) is 6.39. The van der Waals surface area contributed by atoms with Crippen LogP contribution in [0.3, 0.4) is 0 Å². The van der Waals surface area contributed by atoms with Crippen molar-refractivity contribution in [3.8, 4) is 5.75 Å². The summed E-state index contributed by atoms with van der Waals surface area (Å²) in [7, 11) is -0.865. The van der Waals surface area contributed by atoms with Gasteiger partial charge in [0.05, 0.1) is 12.8 Å². The molecule has 1 atom stereocenters. The second-order valence-corrected chi connectivity index (χ2v) is 10.5. The average Bonchev–Trinajstić information content (AvgIpc) is 3.50. The minimum absolute atomic E-state index is 0.252. The topological polar surface area (TPSA) is 93.2 Å². The van der Waals surface area contributed by atoms with Crippen molar-refractivity contribution in [3.63, 3.8) is 0 Å². The number of nitrogens with zero attached hydrogens (tertiary/aromatic N) is 2. The summed E-state index contributed by atoms with van der Waals surface area (Å²) in [4.78, 5) is 26.6. The van der Waals surface area contributed by atoms with E-state index in [2.05, 4.69) is 0 Å². The third kappa shape index (κ3) is 4.44. The number of esters is 1. The molecule has 2 heterocycles. The highest BCUT2D eigenvalue weighted by Gasteiger charge is 2.39. The number of carbonyl (C=O) groups excluding carboxylic acids is 2. The Bertz CT molecular complexity index is 1260. The number of methoxy groups -OCH3 is 1. The first-order valence-electron chi connectivity index (χ1n) is 10.1. The van der Waals surface area contributed by atoms with Crippen LogP contribution in [0.2, 0.25) is 0 Å². The minimum atomic E-state index is -3.64. The van der Waals surface area contributed by atoms with E-state index in [4.69, 9.17) is 9.47 Å². The zero-order chi connectivity index (χ0) is 23.6. The number of hydrogen-bond donors (Lipinski definition) is 0. The molecule has 0 aliphatic carbocycles. The van der Waals surface area contributed by atoms with Gasteiger partial charge in [-0.1, -0.05) is 24.3 Å². The molecule has 3 aromatic rings. The normalized spacial score (nSPS) is 15.1. The first kappa shape index (κ1) is 22.8. The monoisotopic (exact) mass is 486 g/mol. The largest absolute Gasteiger partial charge is 0.484 e. The van der Waals surface area contributed by atoms with E-state index in [0.29, 0.717) is 23.5 Å². The van der Waals surface area contributed by atoms with E-state index in [0.717, 1.165) is 16.9 Å². The Balaban J connectivity index is 1.45. The van der Waals surface area contributed by atoms with Crippen LogP contribution in [0.5, 0.6) is 5.75 Å². The SMILES string of the molecule is COC(=O)C1Cc2ccccc2N1C(=O)COc1ccc(N(C)S(=O)(=O)c2cccs2)cc1. The van der Waals surface area contributed by atoms with E-state index in [1.165, 1.54) is 23.4 Å². The first-order valence-corrected chi connectivity index (χ1v) is 12.4. The highest BCUT2D eigenvalue weighted by molar-refractivity contribution is 7.94. The van der Waals surface area contributed by atoms with Crippen molar-refractivity contribution >= 4 is 44.6 Å². The second kappa shape index (κ2) is 9.24. The maximum absolute atomic E-state index is 13.0. The summed E-state index contributed by atoms with van der Waals surface area (Å²) in [5, 5.41) is 1.71. The predicted octanol–water partition coefficient (Wildman–Crippen LogP) is 3.08. The molecular weight excluding hydrogens is 464 g/mol. The van der Waals surface area contributed by atoms with E-state index in [-0.39, 0.29) is 16.7 Å². The number of carbonyl (C=O) groups is 2. The molecule has 1 aliphatic heterocycles. The van der Waals surface area contributed by atoms with Crippen LogP contribution in [0, 0.1) is 0 Å². The number of rotatable bonds is 7. The third-order valence-corrected chi connectivity index (χ3v) is 8.55. The molecule has 172 valence electrons. The summed E-state index contributed by atoms with van der Waals surface area (Å²) in [6.45, 7) is -0.287. The molecule has 0 fully saturated rings. The van der Waals surface area contributed by atoms with Gasteiger partial charge in [0.15, 0.2) is 6.61 Å². The number of sulfonamides is 1. The van der Waals surface area contributed by atoms with Crippen LogP contribution >= 0.6 is 11.3 Å². The zero-order valence-corrected chi connectivity index (χ0v) is 19.6. The summed E-state index contributed by atoms with van der Waals surface area (Å²) >= 11 is 1.15. The van der Waals surface area contributed by atoms with Gasteiger partial charge in [-0.2, -0.15) is 0 Å². The molecule has 0 bridgehead atoms. The number of para-hydroxylation sites is 1. The molecule has 0 N–H and O–H groups in total. The quantitative estimate of drug-likeness (QED) is 0.477. The standard InChI is InChI=1S/C23H22N2O6S2/c1-24(33(28,29)22-8-5-13-32-22)17-9-11-18(12-10-17)31-15-21(26)25-19-7-4-3-6-16(19)14-20(25)23(27)30-2/h3-13,20H,14-15H2,1-2H3. The first-order chi connectivity index (χ1) is 15.8. The lowest BCUT2D eigenvalue weighted by molar-refractivity contribution is -0.143. The molecule has 1 amide bonds. The lowest BCUT2D eigenvalue weighted by Gasteiger charge is -2.24. The molecule has 1 unspecified atom stereocenters. The van der Waals surface area contributed by atoms with Gasteiger partial charge in [0.1, 0.15) is 16.0 Å². The van der Waals surface area contributed by atoms with Gasteiger partial charge in [0, 0.05) is 19.2 Å². The van der Waals surface area contributed by atoms with Crippen LogP contribution in [0.4, 0.5) is 11.4 Å². The van der Waals surface area contributed by atoms with Crippen molar-refractivity contribution in [1.29, 1.82) is 0 Å². The predicted molar refractivity (Wildman–Crippen MR) is 125 cm³/mol. The van der Waals surface area contributed by atoms with Gasteiger partial charge in [-0.15, -0.1) is 11.3 Å². The van der Waals surface area contributed by atoms with Crippen molar-refractivity contribution in [1.82, 2.24) is 0 Å². The van der Waals surface area contributed by atoms with Crippen LogP contribution < -0.4 is 13.9 Å². The molecule has 0 radical (unpaired) electrons. The number of hydrogen-bond acceptors (Lipinski definition) is 7. The van der Waals surface area contributed by atoms with Crippen molar-refractivity contribution in [3.05, 3.63) is 71.6 Å². The van der Waals surface area contributed by atoms with Crippen molar-refractivity contribution < 1.29 is 27.5 Å². The summed E-state index contributed by atoms with van der Waals surface area (Å²) in [6, 6.07) is 16.2. The van der Waals surface area contributed by atoms with Gasteiger partial charge in [0.2, 0.25) is 0 Å². The van der Waals surface area contributed by atoms with Crippen LogP contribution in [-0.2, 0) is 30.8 Å². The molecule has 1 aliphatic rings. The van der Waals surface area contributed by atoms with E-state index < -0.39 is 22.0 Å². The summed E-state index contributed by atoms with van der Waals surface area (Å²) < 4.78 is 37.3.